The Labute approximate surface area is 167 Å². The Morgan fingerprint density at radius 3 is 2.72 bits per heavy atom. The Hall–Kier alpha value is -2.01. The minimum absolute atomic E-state index is 0.00451. The number of hydrogen-bond acceptors (Lipinski definition) is 8. The molecule has 2 rings (SSSR count). The van der Waals surface area contributed by atoms with Gasteiger partial charge in [-0.15, -0.1) is 0 Å². The molecule has 1 saturated carbocycles. The highest BCUT2D eigenvalue weighted by atomic mass is 16.7. The average Bonchev–Trinajstić information content (AvgIpc) is 3.02. The maximum atomic E-state index is 11.9. The molecule has 1 aliphatic heterocycles. The third-order valence-corrected chi connectivity index (χ3v) is 5.30. The fourth-order valence-electron chi connectivity index (χ4n) is 3.70. The van der Waals surface area contributed by atoms with Crippen molar-refractivity contribution in [3.8, 4) is 0 Å². The molecule has 162 valence electrons. The molecule has 29 heavy (non-hydrogen) atoms. The molecule has 4 N–H and O–H groups in total. The van der Waals surface area contributed by atoms with E-state index in [1.54, 1.807) is 6.08 Å². The van der Waals surface area contributed by atoms with Crippen LogP contribution in [0.1, 0.15) is 32.1 Å². The molecule has 1 heterocycles. The number of aliphatic hydroxyl groups excluding tert-OH is 3. The molecule has 11 heteroatoms. The van der Waals surface area contributed by atoms with Gasteiger partial charge in [-0.25, -0.2) is 0 Å². The van der Waals surface area contributed by atoms with Crippen molar-refractivity contribution < 1.29 is 39.5 Å². The molecule has 1 aliphatic carbocycles. The van der Waals surface area contributed by atoms with Gasteiger partial charge in [0, 0.05) is 23.7 Å². The predicted octanol–water partition coefficient (Wildman–Crippen LogP) is 0.527. The smallest absolute Gasteiger partial charge is 0.303 e. The van der Waals surface area contributed by atoms with Crippen LogP contribution >= 0.6 is 0 Å². The van der Waals surface area contributed by atoms with Crippen LogP contribution in [0.2, 0.25) is 0 Å². The van der Waals surface area contributed by atoms with Crippen LogP contribution in [0.15, 0.2) is 17.3 Å². The lowest BCUT2D eigenvalue weighted by Gasteiger charge is -2.39. The molecule has 0 radical (unpaired) electrons. The number of carbonyl (C=O) groups excluding carboxylic acids is 1. The summed E-state index contributed by atoms with van der Waals surface area (Å²) < 4.78 is 10.8. The second-order valence-electron chi connectivity index (χ2n) is 7.26. The van der Waals surface area contributed by atoms with E-state index >= 15 is 0 Å². The zero-order valence-electron chi connectivity index (χ0n) is 15.9. The highest BCUT2D eigenvalue weighted by Gasteiger charge is 2.43. The van der Waals surface area contributed by atoms with Crippen molar-refractivity contribution in [1.29, 1.82) is 0 Å². The predicted molar refractivity (Wildman–Crippen MR) is 98.5 cm³/mol. The molecule has 1 saturated heterocycles. The van der Waals surface area contributed by atoms with Crippen molar-refractivity contribution in [1.82, 2.24) is 0 Å². The van der Waals surface area contributed by atoms with Gasteiger partial charge in [0.1, 0.15) is 24.1 Å². The molecule has 0 unspecified atom stereocenters. The van der Waals surface area contributed by atoms with Crippen LogP contribution in [0.4, 0.5) is 0 Å². The fraction of sp³-hybridized carbons (Fsp3) is 0.778. The number of aliphatic carboxylic acids is 1. The van der Waals surface area contributed by atoms with Crippen molar-refractivity contribution in [2.45, 2.75) is 62.8 Å². The third-order valence-electron chi connectivity index (χ3n) is 5.30. The average molecular weight is 413 g/mol. The van der Waals surface area contributed by atoms with E-state index in [2.05, 4.69) is 10.0 Å². The first-order valence-electron chi connectivity index (χ1n) is 9.56. The molecule has 11 nitrogen and oxygen atoms in total. The monoisotopic (exact) mass is 413 g/mol. The van der Waals surface area contributed by atoms with Crippen molar-refractivity contribution in [3.05, 3.63) is 22.6 Å². The first-order chi connectivity index (χ1) is 13.8. The number of carbonyl (C=O) groups is 2. The van der Waals surface area contributed by atoms with Gasteiger partial charge in [-0.1, -0.05) is 17.3 Å². The highest BCUT2D eigenvalue weighted by Crippen LogP contribution is 2.34. The molecule has 7 atom stereocenters. The van der Waals surface area contributed by atoms with Gasteiger partial charge in [-0.05, 0) is 30.7 Å². The van der Waals surface area contributed by atoms with E-state index in [1.165, 1.54) is 0 Å². The summed E-state index contributed by atoms with van der Waals surface area (Å²) in [4.78, 5) is 25.4. The SMILES string of the molecule is [N-]=[N+]=NC[C@H]1O[C@@H](OCC/C=C\C[C@@H]2C(=O)CC[C@@H]2CC(=O)O)[C@H](O)[C@@H](O)[C@@H]1O. The summed E-state index contributed by atoms with van der Waals surface area (Å²) in [5, 5.41) is 41.9. The van der Waals surface area contributed by atoms with Gasteiger partial charge in [0.05, 0.1) is 19.3 Å². The number of allylic oxidation sites excluding steroid dienone is 1. The van der Waals surface area contributed by atoms with E-state index in [0.717, 1.165) is 0 Å². The zero-order chi connectivity index (χ0) is 21.4. The number of nitrogens with zero attached hydrogens (tertiary/aromatic N) is 3. The summed E-state index contributed by atoms with van der Waals surface area (Å²) in [6.45, 7) is -0.0689. The van der Waals surface area contributed by atoms with Crippen molar-refractivity contribution in [3.63, 3.8) is 0 Å². The number of carboxylic acid groups (broad SMARTS) is 1. The molecule has 0 aromatic carbocycles. The lowest BCUT2D eigenvalue weighted by Crippen LogP contribution is -2.59. The van der Waals surface area contributed by atoms with Crippen LogP contribution in [0.25, 0.3) is 10.4 Å². The van der Waals surface area contributed by atoms with Crippen LogP contribution in [-0.4, -0.2) is 76.0 Å². The maximum Gasteiger partial charge on any atom is 0.303 e. The van der Waals surface area contributed by atoms with Gasteiger partial charge in [0.25, 0.3) is 0 Å². The largest absolute Gasteiger partial charge is 0.481 e. The van der Waals surface area contributed by atoms with E-state index in [4.69, 9.17) is 20.1 Å². The Balaban J connectivity index is 1.76. The lowest BCUT2D eigenvalue weighted by molar-refractivity contribution is -0.294. The minimum atomic E-state index is -1.50. The van der Waals surface area contributed by atoms with Gasteiger partial charge in [-0.2, -0.15) is 0 Å². The number of azide groups is 1. The van der Waals surface area contributed by atoms with Gasteiger partial charge in [-0.3, -0.25) is 9.59 Å². The van der Waals surface area contributed by atoms with Crippen LogP contribution < -0.4 is 0 Å². The van der Waals surface area contributed by atoms with Gasteiger partial charge in [0.2, 0.25) is 0 Å². The lowest BCUT2D eigenvalue weighted by atomic mass is 9.89. The van der Waals surface area contributed by atoms with Crippen LogP contribution in [0, 0.1) is 11.8 Å². The van der Waals surface area contributed by atoms with Gasteiger partial charge >= 0.3 is 5.97 Å². The Kier molecular flexibility index (Phi) is 9.02. The number of carboxylic acids is 1. The summed E-state index contributed by atoms with van der Waals surface area (Å²) in [7, 11) is 0. The first kappa shape index (κ1) is 23.3. The molecular formula is C18H27N3O8. The Morgan fingerprint density at radius 2 is 2.03 bits per heavy atom. The van der Waals surface area contributed by atoms with Gasteiger partial charge < -0.3 is 29.9 Å². The quantitative estimate of drug-likeness (QED) is 0.131. The first-order valence-corrected chi connectivity index (χ1v) is 9.56. The molecule has 0 aromatic heterocycles. The number of ether oxygens (including phenoxy) is 2. The van der Waals surface area contributed by atoms with Crippen molar-refractivity contribution >= 4 is 11.8 Å². The number of hydrogen-bond donors (Lipinski definition) is 4. The summed E-state index contributed by atoms with van der Waals surface area (Å²) in [5.74, 6) is -1.21. The van der Waals surface area contributed by atoms with E-state index in [-0.39, 0.29) is 37.2 Å². The second-order valence-corrected chi connectivity index (χ2v) is 7.26. The number of rotatable bonds is 10. The van der Waals surface area contributed by atoms with Crippen LogP contribution in [0.3, 0.4) is 0 Å². The van der Waals surface area contributed by atoms with E-state index in [0.29, 0.717) is 25.7 Å². The van der Waals surface area contributed by atoms with E-state index in [9.17, 15) is 24.9 Å². The van der Waals surface area contributed by atoms with Crippen LogP contribution in [-0.2, 0) is 19.1 Å². The minimum Gasteiger partial charge on any atom is -0.481 e. The van der Waals surface area contributed by atoms with Gasteiger partial charge in [0.15, 0.2) is 6.29 Å². The summed E-state index contributed by atoms with van der Waals surface area (Å²) in [6.07, 6.45) is -0.998. The molecule has 0 spiro atoms. The highest BCUT2D eigenvalue weighted by molar-refractivity contribution is 5.84. The third kappa shape index (κ3) is 6.49. The second kappa shape index (κ2) is 11.2. The maximum absolute atomic E-state index is 11.9. The summed E-state index contributed by atoms with van der Waals surface area (Å²) >= 11 is 0. The molecule has 0 bridgehead atoms. The Morgan fingerprint density at radius 1 is 1.28 bits per heavy atom. The molecule has 2 fully saturated rings. The molecular weight excluding hydrogens is 386 g/mol. The molecule has 0 aromatic rings. The zero-order valence-corrected chi connectivity index (χ0v) is 15.9. The number of ketones is 1. The summed E-state index contributed by atoms with van der Waals surface area (Å²) in [5.41, 5.74) is 8.37. The molecule has 0 amide bonds. The summed E-state index contributed by atoms with van der Waals surface area (Å²) in [6, 6.07) is 0. The number of aliphatic hydroxyl groups is 3. The standard InChI is InChI=1S/C18H27N3O8/c19-21-20-9-13-15(25)16(26)17(27)18(29-13)28-7-3-1-2-4-11-10(8-14(23)24)5-6-12(11)22/h1-2,10-11,13,15-18,25-27H,3-9H2,(H,23,24)/b2-1-/t10-,11+,13-,15-,16+,17-,18-/m1/s1. The van der Waals surface area contributed by atoms with Crippen molar-refractivity contribution in [2.24, 2.45) is 17.0 Å². The number of Topliss-reactive ketones (excluding diaryl/α,β-unsaturated/α-hetero) is 1. The van der Waals surface area contributed by atoms with E-state index in [1.807, 2.05) is 6.08 Å². The topological polar surface area (TPSA) is 182 Å². The van der Waals surface area contributed by atoms with Crippen LogP contribution in [0.5, 0.6) is 0 Å². The van der Waals surface area contributed by atoms with E-state index < -0.39 is 36.7 Å². The fourth-order valence-corrected chi connectivity index (χ4v) is 3.70. The van der Waals surface area contributed by atoms with Crippen molar-refractivity contribution in [2.75, 3.05) is 13.2 Å². The molecule has 2 aliphatic rings. The Bertz CT molecular complexity index is 651. The normalized spacial score (nSPS) is 35.0.